The van der Waals surface area contributed by atoms with Crippen LogP contribution < -0.4 is 4.74 Å². The molecule has 0 fully saturated rings. The van der Waals surface area contributed by atoms with Crippen LogP contribution in [0.5, 0.6) is 5.75 Å². The normalized spacial score (nSPS) is 10.3. The van der Waals surface area contributed by atoms with Crippen molar-refractivity contribution in [3.8, 4) is 5.75 Å². The Morgan fingerprint density at radius 1 is 1.33 bits per heavy atom. The third-order valence-corrected chi connectivity index (χ3v) is 3.62. The molecule has 0 unspecified atom stereocenters. The number of ether oxygens (including phenoxy) is 1. The van der Waals surface area contributed by atoms with Crippen molar-refractivity contribution in [2.45, 2.75) is 20.3 Å². The van der Waals surface area contributed by atoms with Gasteiger partial charge in [-0.3, -0.25) is 4.79 Å². The van der Waals surface area contributed by atoms with Crippen molar-refractivity contribution in [1.82, 2.24) is 4.90 Å². The SMILES string of the molecule is COc1ccc(CCN(C)C(=O)CS)c(C)c1C. The van der Waals surface area contributed by atoms with E-state index in [1.807, 2.05) is 13.1 Å². The predicted molar refractivity (Wildman–Crippen MR) is 77.7 cm³/mol. The maximum absolute atomic E-state index is 11.4. The minimum absolute atomic E-state index is 0.0567. The fourth-order valence-electron chi connectivity index (χ4n) is 1.88. The zero-order valence-corrected chi connectivity index (χ0v) is 12.4. The first-order valence-electron chi connectivity index (χ1n) is 5.99. The number of carbonyl (C=O) groups is 1. The molecule has 0 saturated carbocycles. The van der Waals surface area contributed by atoms with E-state index in [0.29, 0.717) is 6.54 Å². The van der Waals surface area contributed by atoms with Crippen molar-refractivity contribution in [2.24, 2.45) is 0 Å². The Balaban J connectivity index is 2.74. The van der Waals surface area contributed by atoms with Crippen molar-refractivity contribution in [2.75, 3.05) is 26.5 Å². The second-order valence-corrected chi connectivity index (χ2v) is 4.72. The summed E-state index contributed by atoms with van der Waals surface area (Å²) >= 11 is 3.99. The molecule has 0 radical (unpaired) electrons. The van der Waals surface area contributed by atoms with Gasteiger partial charge in [0.25, 0.3) is 0 Å². The van der Waals surface area contributed by atoms with Crippen molar-refractivity contribution < 1.29 is 9.53 Å². The highest BCUT2D eigenvalue weighted by Gasteiger charge is 2.09. The lowest BCUT2D eigenvalue weighted by Crippen LogP contribution is -2.29. The highest BCUT2D eigenvalue weighted by molar-refractivity contribution is 7.81. The second-order valence-electron chi connectivity index (χ2n) is 4.40. The Morgan fingerprint density at radius 2 is 2.00 bits per heavy atom. The molecular weight excluding hydrogens is 246 g/mol. The van der Waals surface area contributed by atoms with Gasteiger partial charge < -0.3 is 9.64 Å². The minimum Gasteiger partial charge on any atom is -0.496 e. The Labute approximate surface area is 115 Å². The highest BCUT2D eigenvalue weighted by Crippen LogP contribution is 2.24. The number of rotatable bonds is 5. The first-order chi connectivity index (χ1) is 8.51. The molecule has 0 bridgehead atoms. The molecule has 18 heavy (non-hydrogen) atoms. The Morgan fingerprint density at radius 3 is 2.56 bits per heavy atom. The molecule has 3 nitrogen and oxygen atoms in total. The molecule has 1 amide bonds. The lowest BCUT2D eigenvalue weighted by atomic mass is 10.00. The summed E-state index contributed by atoms with van der Waals surface area (Å²) in [7, 11) is 3.49. The Hall–Kier alpha value is -1.16. The van der Waals surface area contributed by atoms with Crippen molar-refractivity contribution in [3.05, 3.63) is 28.8 Å². The molecule has 0 spiro atoms. The summed E-state index contributed by atoms with van der Waals surface area (Å²) in [6, 6.07) is 4.05. The number of hydrogen-bond acceptors (Lipinski definition) is 3. The van der Waals surface area contributed by atoms with Crippen LogP contribution in [0.25, 0.3) is 0 Å². The number of nitrogens with zero attached hydrogens (tertiary/aromatic N) is 1. The fourth-order valence-corrected chi connectivity index (χ4v) is 2.12. The molecule has 0 atom stereocenters. The van der Waals surface area contributed by atoms with E-state index >= 15 is 0 Å². The third-order valence-electron chi connectivity index (χ3n) is 3.35. The molecule has 0 saturated heterocycles. The van der Waals surface area contributed by atoms with Gasteiger partial charge in [-0.1, -0.05) is 6.07 Å². The van der Waals surface area contributed by atoms with Crippen molar-refractivity contribution in [1.29, 1.82) is 0 Å². The molecule has 0 aliphatic heterocycles. The summed E-state index contributed by atoms with van der Waals surface area (Å²) in [4.78, 5) is 13.1. The molecule has 100 valence electrons. The number of hydrogen-bond donors (Lipinski definition) is 1. The number of likely N-dealkylation sites (N-methyl/N-ethyl adjacent to an activating group) is 1. The van der Waals surface area contributed by atoms with Crippen LogP contribution in [0.4, 0.5) is 0 Å². The summed E-state index contributed by atoms with van der Waals surface area (Å²) in [6.45, 7) is 4.86. The van der Waals surface area contributed by atoms with Crippen molar-refractivity contribution >= 4 is 18.5 Å². The van der Waals surface area contributed by atoms with E-state index in [-0.39, 0.29) is 11.7 Å². The predicted octanol–water partition coefficient (Wildman–Crippen LogP) is 2.24. The molecule has 0 aliphatic carbocycles. The molecule has 1 aromatic carbocycles. The largest absolute Gasteiger partial charge is 0.496 e. The zero-order chi connectivity index (χ0) is 13.7. The topological polar surface area (TPSA) is 29.5 Å². The van der Waals surface area contributed by atoms with E-state index in [4.69, 9.17) is 4.74 Å². The number of thiol groups is 1. The van der Waals surface area contributed by atoms with E-state index in [1.165, 1.54) is 11.1 Å². The van der Waals surface area contributed by atoms with Crippen LogP contribution in [-0.4, -0.2) is 37.3 Å². The van der Waals surface area contributed by atoms with Crippen LogP contribution in [0.3, 0.4) is 0 Å². The summed E-state index contributed by atoms with van der Waals surface area (Å²) in [5, 5.41) is 0. The minimum atomic E-state index is 0.0567. The number of amides is 1. The van der Waals surface area contributed by atoms with Gasteiger partial charge >= 0.3 is 0 Å². The van der Waals surface area contributed by atoms with Gasteiger partial charge in [0.05, 0.1) is 12.9 Å². The Bertz CT molecular complexity index is 432. The first kappa shape index (κ1) is 14.9. The van der Waals surface area contributed by atoms with Gasteiger partial charge in [0.15, 0.2) is 0 Å². The highest BCUT2D eigenvalue weighted by atomic mass is 32.1. The summed E-state index contributed by atoms with van der Waals surface area (Å²) in [5.74, 6) is 1.23. The van der Waals surface area contributed by atoms with Gasteiger partial charge in [0, 0.05) is 13.6 Å². The van der Waals surface area contributed by atoms with Crippen LogP contribution in [0.15, 0.2) is 12.1 Å². The maximum Gasteiger partial charge on any atom is 0.232 e. The Kier molecular flexibility index (Phi) is 5.54. The lowest BCUT2D eigenvalue weighted by molar-refractivity contribution is -0.127. The zero-order valence-electron chi connectivity index (χ0n) is 11.5. The summed E-state index contributed by atoms with van der Waals surface area (Å²) in [6.07, 6.45) is 0.854. The average molecular weight is 267 g/mol. The number of carbonyl (C=O) groups excluding carboxylic acids is 1. The molecule has 0 aliphatic rings. The molecule has 0 heterocycles. The van der Waals surface area contributed by atoms with Gasteiger partial charge in [0.2, 0.25) is 5.91 Å². The van der Waals surface area contributed by atoms with E-state index in [9.17, 15) is 4.79 Å². The van der Waals surface area contributed by atoms with Crippen LogP contribution in [0.1, 0.15) is 16.7 Å². The molecule has 0 aromatic heterocycles. The standard InChI is InChI=1S/C14H21NO2S/c1-10-11(2)13(17-4)6-5-12(10)7-8-15(3)14(16)9-18/h5-6,18H,7-9H2,1-4H3. The summed E-state index contributed by atoms with van der Waals surface area (Å²) < 4.78 is 5.29. The van der Waals surface area contributed by atoms with E-state index in [1.54, 1.807) is 12.0 Å². The number of benzene rings is 1. The maximum atomic E-state index is 11.4. The van der Waals surface area contributed by atoms with Crippen LogP contribution in [-0.2, 0) is 11.2 Å². The third kappa shape index (κ3) is 3.42. The van der Waals surface area contributed by atoms with Crippen LogP contribution in [0, 0.1) is 13.8 Å². The molecule has 4 heteroatoms. The molecule has 1 aromatic rings. The van der Waals surface area contributed by atoms with Crippen LogP contribution >= 0.6 is 12.6 Å². The van der Waals surface area contributed by atoms with Gasteiger partial charge in [-0.05, 0) is 43.0 Å². The van der Waals surface area contributed by atoms with Gasteiger partial charge in [-0.2, -0.15) is 12.6 Å². The molecule has 1 rings (SSSR count). The quantitative estimate of drug-likeness (QED) is 0.829. The number of methoxy groups -OCH3 is 1. The molecular formula is C14H21NO2S. The average Bonchev–Trinajstić information content (AvgIpc) is 2.39. The van der Waals surface area contributed by atoms with E-state index in [0.717, 1.165) is 17.7 Å². The van der Waals surface area contributed by atoms with Gasteiger partial charge in [-0.25, -0.2) is 0 Å². The van der Waals surface area contributed by atoms with Crippen molar-refractivity contribution in [3.63, 3.8) is 0 Å². The van der Waals surface area contributed by atoms with E-state index in [2.05, 4.69) is 32.5 Å². The lowest BCUT2D eigenvalue weighted by Gasteiger charge is -2.18. The van der Waals surface area contributed by atoms with Gasteiger partial charge in [0.1, 0.15) is 5.75 Å². The van der Waals surface area contributed by atoms with E-state index < -0.39 is 0 Å². The second kappa shape index (κ2) is 6.69. The van der Waals surface area contributed by atoms with Gasteiger partial charge in [-0.15, -0.1) is 0 Å². The first-order valence-corrected chi connectivity index (χ1v) is 6.62. The summed E-state index contributed by atoms with van der Waals surface area (Å²) in [5.41, 5.74) is 3.66. The monoisotopic (exact) mass is 267 g/mol. The smallest absolute Gasteiger partial charge is 0.232 e. The molecule has 0 N–H and O–H groups in total. The fraction of sp³-hybridized carbons (Fsp3) is 0.500. The van der Waals surface area contributed by atoms with Crippen LogP contribution in [0.2, 0.25) is 0 Å².